The third kappa shape index (κ3) is 2.84. The number of carboxylic acid groups (broad SMARTS) is 1. The molecule has 20 heavy (non-hydrogen) atoms. The Morgan fingerprint density at radius 1 is 1.45 bits per heavy atom. The van der Waals surface area contributed by atoms with Crippen LogP contribution in [0.25, 0.3) is 0 Å². The van der Waals surface area contributed by atoms with E-state index >= 15 is 0 Å². The van der Waals surface area contributed by atoms with Crippen molar-refractivity contribution in [3.8, 4) is 5.75 Å². The minimum Gasteiger partial charge on any atom is -0.506 e. The summed E-state index contributed by atoms with van der Waals surface area (Å²) < 4.78 is 0. The number of carboxylic acids is 1. The van der Waals surface area contributed by atoms with Crippen molar-refractivity contribution in [2.24, 2.45) is 0 Å². The molecule has 1 unspecified atom stereocenters. The average Bonchev–Trinajstić information content (AvgIpc) is 2.89. The number of amides is 2. The smallest absolute Gasteiger partial charge is 0.335 e. The summed E-state index contributed by atoms with van der Waals surface area (Å²) in [4.78, 5) is 24.7. The van der Waals surface area contributed by atoms with Crippen LogP contribution in [0.2, 0.25) is 0 Å². The lowest BCUT2D eigenvalue weighted by Gasteiger charge is -2.24. The van der Waals surface area contributed by atoms with Gasteiger partial charge in [-0.15, -0.1) is 0 Å². The summed E-state index contributed by atoms with van der Waals surface area (Å²) in [5.74, 6) is -1.37. The SMILES string of the molecule is CCC1CCCN1C(=O)Nc1ccc(C(=O)O)cc1O. The van der Waals surface area contributed by atoms with Gasteiger partial charge in [0.05, 0.1) is 11.3 Å². The highest BCUT2D eigenvalue weighted by atomic mass is 16.4. The van der Waals surface area contributed by atoms with Crippen LogP contribution < -0.4 is 5.32 Å². The van der Waals surface area contributed by atoms with Crippen molar-refractivity contribution in [3.05, 3.63) is 23.8 Å². The third-order valence-corrected chi connectivity index (χ3v) is 3.60. The zero-order valence-corrected chi connectivity index (χ0v) is 11.3. The van der Waals surface area contributed by atoms with Crippen LogP contribution in [0.1, 0.15) is 36.5 Å². The van der Waals surface area contributed by atoms with Gasteiger partial charge >= 0.3 is 12.0 Å². The molecule has 0 radical (unpaired) electrons. The van der Waals surface area contributed by atoms with Crippen molar-refractivity contribution in [2.75, 3.05) is 11.9 Å². The number of benzene rings is 1. The molecule has 1 aromatic rings. The van der Waals surface area contributed by atoms with Gasteiger partial charge in [-0.25, -0.2) is 9.59 Å². The van der Waals surface area contributed by atoms with Crippen molar-refractivity contribution < 1.29 is 19.8 Å². The summed E-state index contributed by atoms with van der Waals surface area (Å²) >= 11 is 0. The van der Waals surface area contributed by atoms with E-state index in [9.17, 15) is 14.7 Å². The molecule has 6 nitrogen and oxygen atoms in total. The maximum atomic E-state index is 12.1. The van der Waals surface area contributed by atoms with Crippen molar-refractivity contribution in [3.63, 3.8) is 0 Å². The van der Waals surface area contributed by atoms with E-state index in [-0.39, 0.29) is 29.1 Å². The monoisotopic (exact) mass is 278 g/mol. The van der Waals surface area contributed by atoms with Crippen molar-refractivity contribution in [1.82, 2.24) is 4.90 Å². The standard InChI is InChI=1S/C14H18N2O4/c1-2-10-4-3-7-16(10)14(20)15-11-6-5-9(13(18)19)8-12(11)17/h5-6,8,10,17H,2-4,7H2,1H3,(H,15,20)(H,18,19). The van der Waals surface area contributed by atoms with E-state index in [0.29, 0.717) is 6.54 Å². The van der Waals surface area contributed by atoms with Gasteiger partial charge in [0.1, 0.15) is 5.75 Å². The Morgan fingerprint density at radius 3 is 2.80 bits per heavy atom. The lowest BCUT2D eigenvalue weighted by Crippen LogP contribution is -2.38. The molecular formula is C14H18N2O4. The maximum Gasteiger partial charge on any atom is 0.335 e. The van der Waals surface area contributed by atoms with Crippen LogP contribution in [0.3, 0.4) is 0 Å². The highest BCUT2D eigenvalue weighted by Crippen LogP contribution is 2.26. The molecule has 1 aliphatic heterocycles. The first kappa shape index (κ1) is 14.2. The predicted molar refractivity (Wildman–Crippen MR) is 74.1 cm³/mol. The number of hydrogen-bond acceptors (Lipinski definition) is 3. The second-order valence-corrected chi connectivity index (χ2v) is 4.86. The Labute approximate surface area is 117 Å². The molecule has 0 aliphatic carbocycles. The van der Waals surface area contributed by atoms with E-state index in [4.69, 9.17) is 5.11 Å². The zero-order chi connectivity index (χ0) is 14.7. The van der Waals surface area contributed by atoms with Gasteiger partial charge in [-0.1, -0.05) is 6.92 Å². The normalized spacial score (nSPS) is 18.1. The van der Waals surface area contributed by atoms with Gasteiger partial charge in [0.15, 0.2) is 0 Å². The quantitative estimate of drug-likeness (QED) is 0.741. The minimum absolute atomic E-state index is 0.0203. The fourth-order valence-corrected chi connectivity index (χ4v) is 2.48. The Bertz CT molecular complexity index is 530. The summed E-state index contributed by atoms with van der Waals surface area (Å²) in [6.45, 7) is 2.74. The second-order valence-electron chi connectivity index (χ2n) is 4.86. The highest BCUT2D eigenvalue weighted by Gasteiger charge is 2.27. The first-order valence-electron chi connectivity index (χ1n) is 6.67. The molecule has 2 rings (SSSR count). The van der Waals surface area contributed by atoms with E-state index < -0.39 is 5.97 Å². The maximum absolute atomic E-state index is 12.1. The van der Waals surface area contributed by atoms with Crippen LogP contribution in [0, 0.1) is 0 Å². The number of hydrogen-bond donors (Lipinski definition) is 3. The Hall–Kier alpha value is -2.24. The van der Waals surface area contributed by atoms with Crippen LogP contribution >= 0.6 is 0 Å². The van der Waals surface area contributed by atoms with E-state index in [1.807, 2.05) is 6.92 Å². The van der Waals surface area contributed by atoms with Crippen LogP contribution in [0.4, 0.5) is 10.5 Å². The molecule has 108 valence electrons. The molecule has 1 atom stereocenters. The van der Waals surface area contributed by atoms with Gasteiger partial charge in [0.2, 0.25) is 0 Å². The number of anilines is 1. The molecule has 2 amide bonds. The summed E-state index contributed by atoms with van der Waals surface area (Å²) in [7, 11) is 0. The summed E-state index contributed by atoms with van der Waals surface area (Å²) in [6, 6.07) is 3.84. The molecule has 6 heteroatoms. The third-order valence-electron chi connectivity index (χ3n) is 3.60. The number of urea groups is 1. The van der Waals surface area contributed by atoms with Crippen LogP contribution in [0.5, 0.6) is 5.75 Å². The summed E-state index contributed by atoms with van der Waals surface area (Å²) in [5, 5.41) is 21.2. The Balaban J connectivity index is 2.10. The number of phenols is 1. The number of nitrogens with zero attached hydrogens (tertiary/aromatic N) is 1. The van der Waals surface area contributed by atoms with Gasteiger partial charge in [0, 0.05) is 12.6 Å². The molecule has 0 spiro atoms. The molecule has 1 aliphatic rings. The number of rotatable bonds is 3. The van der Waals surface area contributed by atoms with Crippen LogP contribution in [0.15, 0.2) is 18.2 Å². The van der Waals surface area contributed by atoms with E-state index in [1.165, 1.54) is 12.1 Å². The number of carbonyl (C=O) groups excluding carboxylic acids is 1. The fraction of sp³-hybridized carbons (Fsp3) is 0.429. The fourth-order valence-electron chi connectivity index (χ4n) is 2.48. The molecule has 1 saturated heterocycles. The Morgan fingerprint density at radius 2 is 2.20 bits per heavy atom. The minimum atomic E-state index is -1.12. The van der Waals surface area contributed by atoms with Gasteiger partial charge in [0.25, 0.3) is 0 Å². The summed E-state index contributed by atoms with van der Waals surface area (Å²) in [5.41, 5.74) is 0.204. The number of phenolic OH excluding ortho intramolecular Hbond substituents is 1. The lowest BCUT2D eigenvalue weighted by atomic mass is 10.2. The van der Waals surface area contributed by atoms with Crippen molar-refractivity contribution >= 4 is 17.7 Å². The topological polar surface area (TPSA) is 89.9 Å². The molecule has 0 saturated carbocycles. The predicted octanol–water partition coefficient (Wildman–Crippen LogP) is 2.50. The van der Waals surface area contributed by atoms with Crippen LogP contribution in [-0.4, -0.2) is 39.7 Å². The number of aromatic carboxylic acids is 1. The van der Waals surface area contributed by atoms with E-state index in [0.717, 1.165) is 25.3 Å². The molecule has 0 bridgehead atoms. The largest absolute Gasteiger partial charge is 0.506 e. The lowest BCUT2D eigenvalue weighted by molar-refractivity contribution is 0.0696. The molecular weight excluding hydrogens is 260 g/mol. The second kappa shape index (κ2) is 5.81. The van der Waals surface area contributed by atoms with E-state index in [2.05, 4.69) is 5.32 Å². The summed E-state index contributed by atoms with van der Waals surface area (Å²) in [6.07, 6.45) is 2.88. The van der Waals surface area contributed by atoms with Crippen molar-refractivity contribution in [2.45, 2.75) is 32.2 Å². The van der Waals surface area contributed by atoms with Gasteiger partial charge in [-0.2, -0.15) is 0 Å². The number of likely N-dealkylation sites (tertiary alicyclic amines) is 1. The Kier molecular flexibility index (Phi) is 4.12. The van der Waals surface area contributed by atoms with Crippen molar-refractivity contribution in [1.29, 1.82) is 0 Å². The number of nitrogens with one attached hydrogen (secondary N) is 1. The van der Waals surface area contributed by atoms with Gasteiger partial charge in [-0.3, -0.25) is 0 Å². The van der Waals surface area contributed by atoms with E-state index in [1.54, 1.807) is 4.90 Å². The molecule has 1 aromatic carbocycles. The number of carbonyl (C=O) groups is 2. The highest BCUT2D eigenvalue weighted by molar-refractivity contribution is 5.93. The molecule has 1 heterocycles. The van der Waals surface area contributed by atoms with Gasteiger partial charge < -0.3 is 20.4 Å². The molecule has 1 fully saturated rings. The average molecular weight is 278 g/mol. The van der Waals surface area contributed by atoms with Crippen LogP contribution in [-0.2, 0) is 0 Å². The zero-order valence-electron chi connectivity index (χ0n) is 11.3. The van der Waals surface area contributed by atoms with Gasteiger partial charge in [-0.05, 0) is 37.5 Å². The number of aromatic hydroxyl groups is 1. The molecule has 0 aromatic heterocycles. The first-order valence-corrected chi connectivity index (χ1v) is 6.67. The molecule has 3 N–H and O–H groups in total. The first-order chi connectivity index (χ1) is 9.52.